The lowest BCUT2D eigenvalue weighted by atomic mass is 10.1. The number of nitrogens with zero attached hydrogens (tertiary/aromatic N) is 2. The first-order valence-electron chi connectivity index (χ1n) is 9.42. The molecule has 1 N–H and O–H groups in total. The summed E-state index contributed by atoms with van der Waals surface area (Å²) in [5.41, 5.74) is 2.42. The number of rotatable bonds is 4. The predicted octanol–water partition coefficient (Wildman–Crippen LogP) is 4.01. The zero-order valence-electron chi connectivity index (χ0n) is 16.1. The Labute approximate surface area is 178 Å². The lowest BCUT2D eigenvalue weighted by Gasteiger charge is -2.29. The second-order valence-corrected chi connectivity index (χ2v) is 7.12. The molecule has 1 aromatic heterocycles. The van der Waals surface area contributed by atoms with E-state index in [9.17, 15) is 14.0 Å². The van der Waals surface area contributed by atoms with Crippen molar-refractivity contribution in [3.05, 3.63) is 89.5 Å². The third-order valence-corrected chi connectivity index (χ3v) is 5.17. The van der Waals surface area contributed by atoms with Gasteiger partial charge < -0.3 is 4.57 Å². The quantitative estimate of drug-likeness (QED) is 0.395. The van der Waals surface area contributed by atoms with Gasteiger partial charge in [-0.15, -0.1) is 0 Å². The summed E-state index contributed by atoms with van der Waals surface area (Å²) >= 11 is 5.24. The van der Waals surface area contributed by atoms with Crippen LogP contribution in [0.5, 0.6) is 0 Å². The normalized spacial score (nSPS) is 15.6. The molecule has 3 aromatic rings. The van der Waals surface area contributed by atoms with E-state index >= 15 is 0 Å². The number of thiocarbonyl (C=S) groups is 1. The first kappa shape index (κ1) is 19.7. The molecule has 0 unspecified atom stereocenters. The smallest absolute Gasteiger partial charge is 0.270 e. The van der Waals surface area contributed by atoms with E-state index in [1.54, 1.807) is 53.2 Å². The minimum absolute atomic E-state index is 0.0240. The SMILES string of the molecule is CCc1ccc(N2C(=O)C(=Cc3cccn3-c3ccccc3F)C(=O)NC2=S)cc1. The van der Waals surface area contributed by atoms with Gasteiger partial charge in [-0.2, -0.15) is 0 Å². The lowest BCUT2D eigenvalue weighted by molar-refractivity contribution is -0.122. The van der Waals surface area contributed by atoms with Gasteiger partial charge >= 0.3 is 0 Å². The van der Waals surface area contributed by atoms with Gasteiger partial charge in [0, 0.05) is 11.9 Å². The third-order valence-electron chi connectivity index (χ3n) is 4.89. The number of anilines is 1. The molecule has 2 heterocycles. The summed E-state index contributed by atoms with van der Waals surface area (Å²) in [6.07, 6.45) is 3.98. The van der Waals surface area contributed by atoms with Crippen LogP contribution in [0, 0.1) is 5.82 Å². The van der Waals surface area contributed by atoms with Crippen molar-refractivity contribution in [2.45, 2.75) is 13.3 Å². The highest BCUT2D eigenvalue weighted by Gasteiger charge is 2.34. The summed E-state index contributed by atoms with van der Waals surface area (Å²) in [5.74, 6) is -1.53. The largest absolute Gasteiger partial charge is 0.314 e. The molecule has 0 radical (unpaired) electrons. The van der Waals surface area contributed by atoms with Crippen LogP contribution < -0.4 is 10.2 Å². The Balaban J connectivity index is 1.74. The van der Waals surface area contributed by atoms with E-state index in [4.69, 9.17) is 12.2 Å². The summed E-state index contributed by atoms with van der Waals surface area (Å²) in [7, 11) is 0. The molecule has 2 aromatic carbocycles. The summed E-state index contributed by atoms with van der Waals surface area (Å²) in [6, 6.07) is 17.1. The molecule has 1 aliphatic rings. The van der Waals surface area contributed by atoms with Crippen LogP contribution in [0.2, 0.25) is 0 Å². The van der Waals surface area contributed by atoms with Gasteiger partial charge in [0.05, 0.1) is 11.4 Å². The minimum atomic E-state index is -0.590. The molecule has 7 heteroatoms. The van der Waals surface area contributed by atoms with Gasteiger partial charge in [0.1, 0.15) is 11.4 Å². The number of hydrogen-bond acceptors (Lipinski definition) is 3. The number of aryl methyl sites for hydroxylation is 1. The first-order valence-corrected chi connectivity index (χ1v) is 9.83. The molecule has 0 atom stereocenters. The molecular formula is C23H18FN3O2S. The maximum absolute atomic E-state index is 14.2. The van der Waals surface area contributed by atoms with E-state index in [1.165, 1.54) is 17.0 Å². The number of nitrogens with one attached hydrogen (secondary N) is 1. The van der Waals surface area contributed by atoms with Gasteiger partial charge in [0.25, 0.3) is 11.8 Å². The predicted molar refractivity (Wildman–Crippen MR) is 118 cm³/mol. The molecular weight excluding hydrogens is 401 g/mol. The lowest BCUT2D eigenvalue weighted by Crippen LogP contribution is -2.54. The van der Waals surface area contributed by atoms with E-state index < -0.39 is 17.6 Å². The number of aromatic nitrogens is 1. The molecule has 150 valence electrons. The van der Waals surface area contributed by atoms with Gasteiger partial charge in [-0.25, -0.2) is 4.39 Å². The average molecular weight is 419 g/mol. The molecule has 4 rings (SSSR count). The van der Waals surface area contributed by atoms with Gasteiger partial charge in [-0.3, -0.25) is 19.8 Å². The van der Waals surface area contributed by atoms with Crippen molar-refractivity contribution in [1.82, 2.24) is 9.88 Å². The second-order valence-electron chi connectivity index (χ2n) is 6.73. The fourth-order valence-corrected chi connectivity index (χ4v) is 3.58. The van der Waals surface area contributed by atoms with Crippen LogP contribution in [-0.2, 0) is 16.0 Å². The standard InChI is InChI=1S/C23H18FN3O2S/c1-2-15-9-11-16(12-10-15)27-22(29)18(21(28)25-23(27)30)14-17-6-5-13-26(17)20-8-4-3-7-19(20)24/h3-14H,2H2,1H3,(H,25,28,30). The molecule has 1 saturated heterocycles. The van der Waals surface area contributed by atoms with Crippen LogP contribution in [0.3, 0.4) is 0 Å². The maximum atomic E-state index is 14.2. The number of halogens is 1. The van der Waals surface area contributed by atoms with Crippen molar-refractivity contribution in [1.29, 1.82) is 0 Å². The monoisotopic (exact) mass is 419 g/mol. The summed E-state index contributed by atoms with van der Waals surface area (Å²) in [5, 5.41) is 2.59. The fraction of sp³-hybridized carbons (Fsp3) is 0.0870. The summed E-state index contributed by atoms with van der Waals surface area (Å²) in [6.45, 7) is 2.04. The van der Waals surface area contributed by atoms with Gasteiger partial charge in [0.15, 0.2) is 5.11 Å². The molecule has 30 heavy (non-hydrogen) atoms. The van der Waals surface area contributed by atoms with Crippen molar-refractivity contribution in [2.24, 2.45) is 0 Å². The molecule has 0 aliphatic carbocycles. The Hall–Kier alpha value is -3.58. The van der Waals surface area contributed by atoms with Crippen LogP contribution in [-0.4, -0.2) is 21.5 Å². The second kappa shape index (κ2) is 8.04. The highest BCUT2D eigenvalue weighted by molar-refractivity contribution is 7.80. The molecule has 0 bridgehead atoms. The Bertz CT molecular complexity index is 1180. The van der Waals surface area contributed by atoms with E-state index in [2.05, 4.69) is 5.32 Å². The van der Waals surface area contributed by atoms with E-state index in [1.807, 2.05) is 19.1 Å². The Kier molecular flexibility index (Phi) is 5.29. The fourth-order valence-electron chi connectivity index (χ4n) is 3.30. The topological polar surface area (TPSA) is 54.3 Å². The van der Waals surface area contributed by atoms with Crippen LogP contribution >= 0.6 is 12.2 Å². The van der Waals surface area contributed by atoms with Crippen molar-refractivity contribution < 1.29 is 14.0 Å². The zero-order chi connectivity index (χ0) is 21.3. The van der Waals surface area contributed by atoms with Crippen LogP contribution in [0.1, 0.15) is 18.2 Å². The number of para-hydroxylation sites is 1. The van der Waals surface area contributed by atoms with Crippen molar-refractivity contribution in [3.8, 4) is 5.69 Å². The van der Waals surface area contributed by atoms with Crippen molar-refractivity contribution in [3.63, 3.8) is 0 Å². The number of amides is 2. The Morgan fingerprint density at radius 3 is 2.47 bits per heavy atom. The average Bonchev–Trinajstić information content (AvgIpc) is 3.20. The Morgan fingerprint density at radius 2 is 1.77 bits per heavy atom. The van der Waals surface area contributed by atoms with E-state index in [-0.39, 0.29) is 10.7 Å². The van der Waals surface area contributed by atoms with E-state index in [0.717, 1.165) is 12.0 Å². The van der Waals surface area contributed by atoms with Crippen LogP contribution in [0.25, 0.3) is 11.8 Å². The van der Waals surface area contributed by atoms with Crippen LogP contribution in [0.15, 0.2) is 72.4 Å². The third kappa shape index (κ3) is 3.55. The molecule has 0 spiro atoms. The number of carbonyl (C=O) groups excluding carboxylic acids is 2. The van der Waals surface area contributed by atoms with Crippen molar-refractivity contribution in [2.75, 3.05) is 4.90 Å². The highest BCUT2D eigenvalue weighted by atomic mass is 32.1. The summed E-state index contributed by atoms with van der Waals surface area (Å²) < 4.78 is 15.8. The molecule has 0 saturated carbocycles. The minimum Gasteiger partial charge on any atom is -0.314 e. The van der Waals surface area contributed by atoms with Crippen molar-refractivity contribution >= 4 is 40.9 Å². The molecule has 5 nitrogen and oxygen atoms in total. The van der Waals surface area contributed by atoms with Gasteiger partial charge in [-0.1, -0.05) is 31.2 Å². The van der Waals surface area contributed by atoms with Gasteiger partial charge in [0.2, 0.25) is 0 Å². The van der Waals surface area contributed by atoms with E-state index in [0.29, 0.717) is 17.1 Å². The number of benzene rings is 2. The molecule has 1 fully saturated rings. The highest BCUT2D eigenvalue weighted by Crippen LogP contribution is 2.24. The first-order chi connectivity index (χ1) is 14.5. The van der Waals surface area contributed by atoms with Crippen LogP contribution in [0.4, 0.5) is 10.1 Å². The number of carbonyl (C=O) groups is 2. The maximum Gasteiger partial charge on any atom is 0.270 e. The molecule has 2 amide bonds. The summed E-state index contributed by atoms with van der Waals surface area (Å²) in [4.78, 5) is 27.0. The Morgan fingerprint density at radius 1 is 1.03 bits per heavy atom. The van der Waals surface area contributed by atoms with Gasteiger partial charge in [-0.05, 0) is 66.7 Å². The zero-order valence-corrected chi connectivity index (χ0v) is 16.9. The number of hydrogen-bond donors (Lipinski definition) is 1. The molecule has 1 aliphatic heterocycles.